The van der Waals surface area contributed by atoms with E-state index in [4.69, 9.17) is 4.42 Å². The average molecular weight is 449 g/mol. The molecule has 35 heavy (non-hydrogen) atoms. The van der Waals surface area contributed by atoms with Crippen molar-refractivity contribution in [2.75, 3.05) is 0 Å². The van der Waals surface area contributed by atoms with Crippen molar-refractivity contribution in [3.05, 3.63) is 120 Å². The molecule has 1 aliphatic rings. The molecule has 2 heterocycles. The van der Waals surface area contributed by atoms with Gasteiger partial charge in [0.1, 0.15) is 11.9 Å². The summed E-state index contributed by atoms with van der Waals surface area (Å²) >= 11 is 0. The zero-order valence-electron chi connectivity index (χ0n) is 19.1. The Hall–Kier alpha value is -4.50. The number of hydrogen-bond acceptors (Lipinski definition) is 3. The lowest BCUT2D eigenvalue weighted by atomic mass is 9.72. The van der Waals surface area contributed by atoms with Crippen molar-refractivity contribution in [1.29, 1.82) is 0 Å². The molecule has 3 nitrogen and oxygen atoms in total. The van der Waals surface area contributed by atoms with Crippen molar-refractivity contribution in [2.24, 2.45) is 0 Å². The summed E-state index contributed by atoms with van der Waals surface area (Å²) in [7, 11) is 0. The Morgan fingerprint density at radius 3 is 2.34 bits per heavy atom. The molecule has 0 aliphatic heterocycles. The van der Waals surface area contributed by atoms with Crippen molar-refractivity contribution < 1.29 is 4.42 Å². The lowest BCUT2D eigenvalue weighted by molar-refractivity contribution is 0.653. The van der Waals surface area contributed by atoms with Gasteiger partial charge in [-0.1, -0.05) is 78.9 Å². The van der Waals surface area contributed by atoms with Crippen LogP contribution < -0.4 is 0 Å². The molecule has 1 unspecified atom stereocenters. The van der Waals surface area contributed by atoms with Gasteiger partial charge in [0.25, 0.3) is 0 Å². The maximum absolute atomic E-state index is 6.21. The van der Waals surface area contributed by atoms with Gasteiger partial charge in [-0.2, -0.15) is 0 Å². The van der Waals surface area contributed by atoms with Crippen LogP contribution in [-0.4, -0.2) is 9.97 Å². The lowest BCUT2D eigenvalue weighted by Crippen LogP contribution is -2.22. The van der Waals surface area contributed by atoms with E-state index in [1.165, 1.54) is 49.4 Å². The van der Waals surface area contributed by atoms with Crippen LogP contribution in [0.1, 0.15) is 23.6 Å². The Bertz CT molecular complexity index is 1970. The van der Waals surface area contributed by atoms with Gasteiger partial charge in [-0.25, -0.2) is 9.97 Å². The Labute approximate surface area is 201 Å². The van der Waals surface area contributed by atoms with Gasteiger partial charge in [0.15, 0.2) is 0 Å². The zero-order chi connectivity index (χ0) is 23.1. The second kappa shape index (κ2) is 6.55. The van der Waals surface area contributed by atoms with Crippen LogP contribution in [0.3, 0.4) is 0 Å². The first-order valence-corrected chi connectivity index (χ1v) is 11.9. The molecule has 0 saturated carbocycles. The molecular formula is C32H20N2O. The van der Waals surface area contributed by atoms with Crippen molar-refractivity contribution in [3.63, 3.8) is 0 Å². The van der Waals surface area contributed by atoms with Gasteiger partial charge in [-0.15, -0.1) is 0 Å². The number of hydrogen-bond donors (Lipinski definition) is 0. The molecule has 0 saturated heterocycles. The van der Waals surface area contributed by atoms with Gasteiger partial charge in [-0.3, -0.25) is 0 Å². The highest BCUT2D eigenvalue weighted by molar-refractivity contribution is 6.30. The number of fused-ring (bicyclic) bond motifs is 12. The molecule has 0 fully saturated rings. The highest BCUT2D eigenvalue weighted by Gasteiger charge is 2.43. The summed E-state index contributed by atoms with van der Waals surface area (Å²) in [6.07, 6.45) is 3.43. The molecule has 1 aliphatic carbocycles. The molecule has 0 bridgehead atoms. The van der Waals surface area contributed by atoms with E-state index in [1.807, 2.05) is 6.20 Å². The summed E-state index contributed by atoms with van der Waals surface area (Å²) in [5.74, 6) is 0. The second-order valence-corrected chi connectivity index (χ2v) is 9.54. The van der Waals surface area contributed by atoms with Crippen LogP contribution in [0.4, 0.5) is 0 Å². The molecule has 3 heteroatoms. The van der Waals surface area contributed by atoms with Crippen LogP contribution >= 0.6 is 0 Å². The summed E-state index contributed by atoms with van der Waals surface area (Å²) in [6, 6.07) is 32.9. The van der Waals surface area contributed by atoms with E-state index >= 15 is 0 Å². The Kier molecular flexibility index (Phi) is 3.53. The first-order valence-electron chi connectivity index (χ1n) is 11.9. The molecule has 8 rings (SSSR count). The quantitative estimate of drug-likeness (QED) is 0.239. The monoisotopic (exact) mass is 448 g/mol. The largest absolute Gasteiger partial charge is 0.438 e. The smallest absolute Gasteiger partial charge is 0.230 e. The lowest BCUT2D eigenvalue weighted by Gasteiger charge is -2.30. The minimum atomic E-state index is -0.292. The van der Waals surface area contributed by atoms with Gasteiger partial charge in [-0.05, 0) is 63.0 Å². The van der Waals surface area contributed by atoms with Crippen LogP contribution in [0.25, 0.3) is 54.7 Å². The SMILES string of the molecule is CC1(c2ccccc2)c2ccccc2-c2c1c1ccccc1c1ccc3oc4ncncc4c3c21. The normalized spacial score (nSPS) is 16.8. The minimum Gasteiger partial charge on any atom is -0.438 e. The summed E-state index contributed by atoms with van der Waals surface area (Å²) in [6.45, 7) is 2.38. The van der Waals surface area contributed by atoms with Crippen LogP contribution in [0.15, 0.2) is 108 Å². The van der Waals surface area contributed by atoms with Crippen LogP contribution in [-0.2, 0) is 5.41 Å². The first-order chi connectivity index (χ1) is 17.3. The number of aromatic nitrogens is 2. The zero-order valence-corrected chi connectivity index (χ0v) is 19.1. The molecule has 5 aromatic carbocycles. The molecule has 0 spiro atoms. The van der Waals surface area contributed by atoms with Crippen molar-refractivity contribution in [2.45, 2.75) is 12.3 Å². The van der Waals surface area contributed by atoms with Crippen molar-refractivity contribution in [3.8, 4) is 11.1 Å². The molecule has 0 N–H and O–H groups in total. The van der Waals surface area contributed by atoms with Crippen LogP contribution in [0.5, 0.6) is 0 Å². The highest BCUT2D eigenvalue weighted by atomic mass is 16.3. The molecule has 1 atom stereocenters. The van der Waals surface area contributed by atoms with Gasteiger partial charge >= 0.3 is 0 Å². The summed E-state index contributed by atoms with van der Waals surface area (Å²) in [5, 5.41) is 7.04. The Morgan fingerprint density at radius 2 is 1.46 bits per heavy atom. The summed E-state index contributed by atoms with van der Waals surface area (Å²) in [5.41, 5.74) is 7.73. The van der Waals surface area contributed by atoms with Crippen molar-refractivity contribution in [1.82, 2.24) is 9.97 Å². The Balaban J connectivity index is 1.71. The fourth-order valence-electron chi connectivity index (χ4n) is 6.42. The number of rotatable bonds is 1. The number of benzene rings is 5. The van der Waals surface area contributed by atoms with E-state index in [-0.39, 0.29) is 5.41 Å². The average Bonchev–Trinajstić information content (AvgIpc) is 3.43. The van der Waals surface area contributed by atoms with Gasteiger partial charge < -0.3 is 4.42 Å². The second-order valence-electron chi connectivity index (χ2n) is 9.54. The number of nitrogens with zero attached hydrogens (tertiary/aromatic N) is 2. The van der Waals surface area contributed by atoms with E-state index in [9.17, 15) is 0 Å². The van der Waals surface area contributed by atoms with E-state index in [0.717, 1.165) is 16.4 Å². The summed E-state index contributed by atoms with van der Waals surface area (Å²) < 4.78 is 6.21. The molecule has 2 aromatic heterocycles. The van der Waals surface area contributed by atoms with Crippen molar-refractivity contribution >= 4 is 43.6 Å². The van der Waals surface area contributed by atoms with Crippen LogP contribution in [0.2, 0.25) is 0 Å². The number of furan rings is 1. The predicted molar refractivity (Wildman–Crippen MR) is 142 cm³/mol. The van der Waals surface area contributed by atoms with Gasteiger partial charge in [0.2, 0.25) is 5.71 Å². The topological polar surface area (TPSA) is 38.9 Å². The summed E-state index contributed by atoms with van der Waals surface area (Å²) in [4.78, 5) is 8.77. The highest BCUT2D eigenvalue weighted by Crippen LogP contribution is 2.58. The van der Waals surface area contributed by atoms with Crippen LogP contribution in [0, 0.1) is 0 Å². The van der Waals surface area contributed by atoms with Gasteiger partial charge in [0.05, 0.1) is 5.39 Å². The maximum atomic E-state index is 6.21. The molecular weight excluding hydrogens is 428 g/mol. The fourth-order valence-corrected chi connectivity index (χ4v) is 6.42. The third kappa shape index (κ3) is 2.25. The standard InChI is InChI=1S/C32H20N2O/c1-32(19-9-3-2-4-10-19)25-14-8-7-13-23(25)29-28-21(20-11-5-6-12-22(20)30(29)32)15-16-26-27(28)24-17-33-18-34-31(24)35-26/h2-18H,1H3. The van der Waals surface area contributed by atoms with E-state index < -0.39 is 0 Å². The molecule has 164 valence electrons. The fraction of sp³-hybridized carbons (Fsp3) is 0.0625. The third-order valence-corrected chi connectivity index (χ3v) is 7.89. The molecule has 0 radical (unpaired) electrons. The van der Waals surface area contributed by atoms with Gasteiger partial charge in [0, 0.05) is 22.4 Å². The van der Waals surface area contributed by atoms with E-state index in [0.29, 0.717) is 5.71 Å². The third-order valence-electron chi connectivity index (χ3n) is 7.89. The minimum absolute atomic E-state index is 0.292. The first kappa shape index (κ1) is 18.9. The predicted octanol–water partition coefficient (Wildman–Crippen LogP) is 8.02. The molecule has 0 amide bonds. The Morgan fingerprint density at radius 1 is 0.686 bits per heavy atom. The molecule has 7 aromatic rings. The van der Waals surface area contributed by atoms with E-state index in [2.05, 4.69) is 108 Å². The maximum Gasteiger partial charge on any atom is 0.230 e. The van der Waals surface area contributed by atoms with E-state index in [1.54, 1.807) is 6.33 Å².